The van der Waals surface area contributed by atoms with Crippen molar-refractivity contribution in [2.24, 2.45) is 16.7 Å². The molecule has 0 spiro atoms. The third kappa shape index (κ3) is 2.60. The summed E-state index contributed by atoms with van der Waals surface area (Å²) >= 11 is 0. The first-order valence-corrected chi connectivity index (χ1v) is 6.86. The Morgan fingerprint density at radius 2 is 1.89 bits per heavy atom. The molecule has 0 aromatic heterocycles. The fourth-order valence-electron chi connectivity index (χ4n) is 3.01. The number of hydrogen-bond donors (Lipinski definition) is 2. The van der Waals surface area contributed by atoms with E-state index in [1.807, 2.05) is 24.3 Å². The van der Waals surface area contributed by atoms with Crippen LogP contribution in [0, 0.1) is 16.7 Å². The fourth-order valence-corrected chi connectivity index (χ4v) is 3.01. The SMILES string of the molecule is CC1(C)C(CNC(=O)Cc2cccc(N)c2)C1(C)C. The minimum absolute atomic E-state index is 0.0732. The number of nitrogens with one attached hydrogen (secondary N) is 1. The molecule has 3 N–H and O–H groups in total. The molecule has 19 heavy (non-hydrogen) atoms. The van der Waals surface area contributed by atoms with E-state index in [0.29, 0.717) is 28.9 Å². The maximum absolute atomic E-state index is 11.9. The molecule has 0 atom stereocenters. The predicted octanol–water partition coefficient (Wildman–Crippen LogP) is 2.61. The lowest BCUT2D eigenvalue weighted by molar-refractivity contribution is -0.120. The van der Waals surface area contributed by atoms with Gasteiger partial charge in [0.25, 0.3) is 0 Å². The number of benzene rings is 1. The Balaban J connectivity index is 1.84. The van der Waals surface area contributed by atoms with Crippen molar-refractivity contribution >= 4 is 11.6 Å². The van der Waals surface area contributed by atoms with Gasteiger partial charge in [-0.2, -0.15) is 0 Å². The van der Waals surface area contributed by atoms with E-state index in [9.17, 15) is 4.79 Å². The largest absolute Gasteiger partial charge is 0.399 e. The van der Waals surface area contributed by atoms with Gasteiger partial charge < -0.3 is 11.1 Å². The lowest BCUT2D eigenvalue weighted by atomic mass is 10.0. The van der Waals surface area contributed by atoms with Crippen molar-refractivity contribution in [3.8, 4) is 0 Å². The molecule has 1 aliphatic rings. The van der Waals surface area contributed by atoms with Gasteiger partial charge in [-0.05, 0) is 34.4 Å². The smallest absolute Gasteiger partial charge is 0.224 e. The maximum atomic E-state index is 11.9. The first kappa shape index (κ1) is 13.9. The van der Waals surface area contributed by atoms with Crippen LogP contribution in [0.3, 0.4) is 0 Å². The van der Waals surface area contributed by atoms with Crippen molar-refractivity contribution in [2.45, 2.75) is 34.1 Å². The molecule has 2 rings (SSSR count). The molecule has 0 heterocycles. The Morgan fingerprint density at radius 1 is 1.26 bits per heavy atom. The highest BCUT2D eigenvalue weighted by Gasteiger charge is 2.64. The summed E-state index contributed by atoms with van der Waals surface area (Å²) in [5, 5.41) is 3.04. The Bertz CT molecular complexity index is 477. The van der Waals surface area contributed by atoms with Gasteiger partial charge in [-0.3, -0.25) is 4.79 Å². The predicted molar refractivity (Wildman–Crippen MR) is 78.6 cm³/mol. The molecular formula is C16H24N2O. The Labute approximate surface area is 115 Å². The van der Waals surface area contributed by atoms with E-state index in [1.54, 1.807) is 0 Å². The highest BCUT2D eigenvalue weighted by Crippen LogP contribution is 2.67. The van der Waals surface area contributed by atoms with Crippen LogP contribution in [-0.4, -0.2) is 12.5 Å². The van der Waals surface area contributed by atoms with Crippen molar-refractivity contribution in [3.63, 3.8) is 0 Å². The zero-order chi connectivity index (χ0) is 14.3. The highest BCUT2D eigenvalue weighted by atomic mass is 16.1. The first-order valence-electron chi connectivity index (χ1n) is 6.86. The third-order valence-electron chi connectivity index (χ3n) is 5.14. The molecule has 3 heteroatoms. The summed E-state index contributed by atoms with van der Waals surface area (Å²) < 4.78 is 0. The summed E-state index contributed by atoms with van der Waals surface area (Å²) in [5.41, 5.74) is 8.01. The van der Waals surface area contributed by atoms with Crippen LogP contribution in [0.25, 0.3) is 0 Å². The molecule has 3 nitrogen and oxygen atoms in total. The van der Waals surface area contributed by atoms with Gasteiger partial charge in [0.1, 0.15) is 0 Å². The van der Waals surface area contributed by atoms with Gasteiger partial charge in [0, 0.05) is 12.2 Å². The van der Waals surface area contributed by atoms with Gasteiger partial charge in [-0.15, -0.1) is 0 Å². The average Bonchev–Trinajstić information content (AvgIpc) is 2.66. The van der Waals surface area contributed by atoms with Crippen LogP contribution in [0.4, 0.5) is 5.69 Å². The summed E-state index contributed by atoms with van der Waals surface area (Å²) in [4.78, 5) is 11.9. The van der Waals surface area contributed by atoms with Crippen LogP contribution in [0.15, 0.2) is 24.3 Å². The number of hydrogen-bond acceptors (Lipinski definition) is 2. The maximum Gasteiger partial charge on any atom is 0.224 e. The fraction of sp³-hybridized carbons (Fsp3) is 0.562. The summed E-state index contributed by atoms with van der Waals surface area (Å²) in [5.74, 6) is 0.633. The van der Waals surface area contributed by atoms with Crippen LogP contribution < -0.4 is 11.1 Å². The molecule has 1 saturated carbocycles. The van der Waals surface area contributed by atoms with Crippen molar-refractivity contribution in [3.05, 3.63) is 29.8 Å². The summed E-state index contributed by atoms with van der Waals surface area (Å²) in [6.07, 6.45) is 0.401. The number of nitrogen functional groups attached to an aromatic ring is 1. The lowest BCUT2D eigenvalue weighted by Crippen LogP contribution is -2.28. The molecule has 0 aliphatic heterocycles. The van der Waals surface area contributed by atoms with Gasteiger partial charge in [0.15, 0.2) is 0 Å². The molecule has 1 aromatic carbocycles. The Kier molecular flexibility index (Phi) is 3.33. The number of rotatable bonds is 4. The molecule has 1 amide bonds. The van der Waals surface area contributed by atoms with E-state index in [1.165, 1.54) is 0 Å². The topological polar surface area (TPSA) is 55.1 Å². The van der Waals surface area contributed by atoms with Gasteiger partial charge >= 0.3 is 0 Å². The van der Waals surface area contributed by atoms with Crippen molar-refractivity contribution in [2.75, 3.05) is 12.3 Å². The van der Waals surface area contributed by atoms with E-state index in [-0.39, 0.29) is 5.91 Å². The Morgan fingerprint density at radius 3 is 2.42 bits per heavy atom. The molecule has 1 aromatic rings. The summed E-state index contributed by atoms with van der Waals surface area (Å²) in [6, 6.07) is 7.49. The molecule has 0 saturated heterocycles. The number of nitrogens with two attached hydrogens (primary N) is 1. The number of carbonyl (C=O) groups excluding carboxylic acids is 1. The van der Waals surface area contributed by atoms with Crippen LogP contribution in [0.5, 0.6) is 0 Å². The van der Waals surface area contributed by atoms with Gasteiger partial charge in [0.05, 0.1) is 6.42 Å². The Hall–Kier alpha value is -1.51. The van der Waals surface area contributed by atoms with E-state index < -0.39 is 0 Å². The molecule has 1 aliphatic carbocycles. The third-order valence-corrected chi connectivity index (χ3v) is 5.14. The highest BCUT2D eigenvalue weighted by molar-refractivity contribution is 5.78. The van der Waals surface area contributed by atoms with Crippen LogP contribution in [-0.2, 0) is 11.2 Å². The molecule has 1 fully saturated rings. The quantitative estimate of drug-likeness (QED) is 0.818. The van der Waals surface area contributed by atoms with Crippen molar-refractivity contribution in [1.82, 2.24) is 5.32 Å². The normalized spacial score (nSPS) is 20.0. The van der Waals surface area contributed by atoms with Crippen LogP contribution >= 0.6 is 0 Å². The van der Waals surface area contributed by atoms with E-state index in [0.717, 1.165) is 12.1 Å². The van der Waals surface area contributed by atoms with Crippen LogP contribution in [0.2, 0.25) is 0 Å². The number of amides is 1. The molecule has 104 valence electrons. The van der Waals surface area contributed by atoms with Gasteiger partial charge in [-0.1, -0.05) is 39.8 Å². The molecular weight excluding hydrogens is 236 g/mol. The van der Waals surface area contributed by atoms with E-state index in [2.05, 4.69) is 33.0 Å². The second kappa shape index (κ2) is 4.55. The zero-order valence-electron chi connectivity index (χ0n) is 12.3. The minimum atomic E-state index is 0.0732. The summed E-state index contributed by atoms with van der Waals surface area (Å²) in [7, 11) is 0. The van der Waals surface area contributed by atoms with E-state index in [4.69, 9.17) is 5.73 Å². The monoisotopic (exact) mass is 260 g/mol. The number of anilines is 1. The van der Waals surface area contributed by atoms with E-state index >= 15 is 0 Å². The zero-order valence-corrected chi connectivity index (χ0v) is 12.3. The lowest BCUT2D eigenvalue weighted by Gasteiger charge is -2.07. The molecule has 0 radical (unpaired) electrons. The van der Waals surface area contributed by atoms with Gasteiger partial charge in [0.2, 0.25) is 5.91 Å². The standard InChI is InChI=1S/C16H24N2O/c1-15(2)13(16(15,3)4)10-18-14(19)9-11-6-5-7-12(17)8-11/h5-8,13H,9-10,17H2,1-4H3,(H,18,19). The second-order valence-corrected chi connectivity index (χ2v) is 6.72. The van der Waals surface area contributed by atoms with Crippen molar-refractivity contribution < 1.29 is 4.79 Å². The first-order chi connectivity index (χ1) is 8.75. The minimum Gasteiger partial charge on any atom is -0.399 e. The average molecular weight is 260 g/mol. The summed E-state index contributed by atoms with van der Waals surface area (Å²) in [6.45, 7) is 9.83. The molecule has 0 bridgehead atoms. The molecule has 0 unspecified atom stereocenters. The van der Waals surface area contributed by atoms with Gasteiger partial charge in [-0.25, -0.2) is 0 Å². The second-order valence-electron chi connectivity index (χ2n) is 6.72. The number of carbonyl (C=O) groups is 1. The van der Waals surface area contributed by atoms with Crippen molar-refractivity contribution in [1.29, 1.82) is 0 Å². The van der Waals surface area contributed by atoms with Crippen LogP contribution in [0.1, 0.15) is 33.3 Å².